The number of halogens is 1. The SMILES string of the molecule is COC(=O)c1ccc(=O)n(-c2ccc(Cl)nc2)c1. The lowest BCUT2D eigenvalue weighted by molar-refractivity contribution is 0.0600. The van der Waals surface area contributed by atoms with Gasteiger partial charge in [-0.2, -0.15) is 0 Å². The third-order valence-electron chi connectivity index (χ3n) is 2.32. The summed E-state index contributed by atoms with van der Waals surface area (Å²) in [4.78, 5) is 27.0. The minimum Gasteiger partial charge on any atom is -0.465 e. The summed E-state index contributed by atoms with van der Waals surface area (Å²) in [6, 6.07) is 5.90. The van der Waals surface area contributed by atoms with E-state index in [9.17, 15) is 9.59 Å². The van der Waals surface area contributed by atoms with E-state index in [0.29, 0.717) is 10.8 Å². The van der Waals surface area contributed by atoms with Crippen molar-refractivity contribution in [1.82, 2.24) is 9.55 Å². The quantitative estimate of drug-likeness (QED) is 0.611. The number of rotatable bonds is 2. The van der Waals surface area contributed by atoms with Gasteiger partial charge in [0.2, 0.25) is 0 Å². The Morgan fingerprint density at radius 1 is 1.33 bits per heavy atom. The summed E-state index contributed by atoms with van der Waals surface area (Å²) < 4.78 is 5.90. The van der Waals surface area contributed by atoms with E-state index in [-0.39, 0.29) is 11.1 Å². The van der Waals surface area contributed by atoms with Gasteiger partial charge in [-0.05, 0) is 18.2 Å². The van der Waals surface area contributed by atoms with Crippen LogP contribution in [0.25, 0.3) is 5.69 Å². The summed E-state index contributed by atoms with van der Waals surface area (Å²) >= 11 is 5.67. The summed E-state index contributed by atoms with van der Waals surface area (Å²) in [6.07, 6.45) is 2.85. The standard InChI is InChI=1S/C12H9ClN2O3/c1-18-12(17)8-2-5-11(16)15(7-8)9-3-4-10(13)14-6-9/h2-7H,1H3. The van der Waals surface area contributed by atoms with Gasteiger partial charge < -0.3 is 4.74 Å². The predicted octanol–water partition coefficient (Wildman–Crippen LogP) is 1.67. The highest BCUT2D eigenvalue weighted by Crippen LogP contribution is 2.09. The minimum atomic E-state index is -0.509. The minimum absolute atomic E-state index is 0.272. The predicted molar refractivity (Wildman–Crippen MR) is 66.2 cm³/mol. The fourth-order valence-corrected chi connectivity index (χ4v) is 1.55. The first-order valence-electron chi connectivity index (χ1n) is 5.05. The number of methoxy groups -OCH3 is 1. The van der Waals surface area contributed by atoms with Gasteiger partial charge in [0.05, 0.1) is 24.6 Å². The van der Waals surface area contributed by atoms with Crippen LogP contribution in [0.5, 0.6) is 0 Å². The molecular weight excluding hydrogens is 256 g/mol. The number of hydrogen-bond donors (Lipinski definition) is 0. The maximum Gasteiger partial charge on any atom is 0.339 e. The van der Waals surface area contributed by atoms with E-state index in [0.717, 1.165) is 0 Å². The van der Waals surface area contributed by atoms with Gasteiger partial charge in [-0.25, -0.2) is 9.78 Å². The highest BCUT2D eigenvalue weighted by molar-refractivity contribution is 6.29. The average Bonchev–Trinajstić information content (AvgIpc) is 2.39. The van der Waals surface area contributed by atoms with Crippen LogP contribution in [0.2, 0.25) is 5.15 Å². The number of carbonyl (C=O) groups is 1. The molecule has 2 heterocycles. The first-order chi connectivity index (χ1) is 8.61. The lowest BCUT2D eigenvalue weighted by Gasteiger charge is -2.06. The average molecular weight is 265 g/mol. The molecule has 0 bridgehead atoms. The first-order valence-corrected chi connectivity index (χ1v) is 5.42. The number of esters is 1. The zero-order chi connectivity index (χ0) is 13.1. The lowest BCUT2D eigenvalue weighted by Crippen LogP contribution is -2.18. The number of ether oxygens (including phenoxy) is 1. The maximum absolute atomic E-state index is 11.7. The Labute approximate surface area is 108 Å². The van der Waals surface area contributed by atoms with Gasteiger partial charge in [-0.15, -0.1) is 0 Å². The van der Waals surface area contributed by atoms with Gasteiger partial charge >= 0.3 is 5.97 Å². The monoisotopic (exact) mass is 264 g/mol. The van der Waals surface area contributed by atoms with Gasteiger partial charge in [0.25, 0.3) is 5.56 Å². The number of aromatic nitrogens is 2. The Bertz CT molecular complexity index is 635. The molecule has 6 heteroatoms. The summed E-state index contributed by atoms with van der Waals surface area (Å²) in [5.74, 6) is -0.509. The van der Waals surface area contributed by atoms with Crippen molar-refractivity contribution in [1.29, 1.82) is 0 Å². The zero-order valence-electron chi connectivity index (χ0n) is 9.46. The van der Waals surface area contributed by atoms with E-state index in [1.165, 1.54) is 36.2 Å². The molecule has 0 spiro atoms. The smallest absolute Gasteiger partial charge is 0.339 e. The molecule has 0 fully saturated rings. The molecule has 5 nitrogen and oxygen atoms in total. The van der Waals surface area contributed by atoms with E-state index >= 15 is 0 Å². The molecule has 0 aliphatic rings. The number of carbonyl (C=O) groups excluding carboxylic acids is 1. The van der Waals surface area contributed by atoms with Gasteiger partial charge in [0.1, 0.15) is 5.15 Å². The molecule has 92 valence electrons. The molecule has 0 saturated carbocycles. The van der Waals surface area contributed by atoms with Gasteiger partial charge in [0.15, 0.2) is 0 Å². The molecule has 0 saturated heterocycles. The molecule has 0 amide bonds. The van der Waals surface area contributed by atoms with Crippen LogP contribution in [-0.2, 0) is 4.74 Å². The molecule has 2 rings (SSSR count). The largest absolute Gasteiger partial charge is 0.465 e. The number of nitrogens with zero attached hydrogens (tertiary/aromatic N) is 2. The van der Waals surface area contributed by atoms with E-state index in [1.807, 2.05) is 0 Å². The van der Waals surface area contributed by atoms with Gasteiger partial charge in [0, 0.05) is 12.3 Å². The van der Waals surface area contributed by atoms with Crippen molar-refractivity contribution in [2.24, 2.45) is 0 Å². The van der Waals surface area contributed by atoms with Crippen LogP contribution in [0, 0.1) is 0 Å². The van der Waals surface area contributed by atoms with Crippen molar-refractivity contribution in [2.45, 2.75) is 0 Å². The van der Waals surface area contributed by atoms with Crippen LogP contribution in [0.1, 0.15) is 10.4 Å². The van der Waals surface area contributed by atoms with E-state index in [2.05, 4.69) is 9.72 Å². The summed E-state index contributed by atoms with van der Waals surface area (Å²) in [5, 5.41) is 0.330. The summed E-state index contributed by atoms with van der Waals surface area (Å²) in [7, 11) is 1.28. The fourth-order valence-electron chi connectivity index (χ4n) is 1.44. The molecule has 0 unspecified atom stereocenters. The van der Waals surface area contributed by atoms with Crippen LogP contribution >= 0.6 is 11.6 Å². The molecule has 0 aromatic carbocycles. The Kier molecular flexibility index (Phi) is 3.43. The molecule has 0 aliphatic carbocycles. The molecule has 0 aliphatic heterocycles. The van der Waals surface area contributed by atoms with Crippen molar-refractivity contribution in [3.05, 3.63) is 57.7 Å². The first kappa shape index (κ1) is 12.3. The molecule has 2 aromatic heterocycles. The summed E-state index contributed by atoms with van der Waals surface area (Å²) in [6.45, 7) is 0. The van der Waals surface area contributed by atoms with Crippen LogP contribution in [-0.4, -0.2) is 22.6 Å². The molecule has 18 heavy (non-hydrogen) atoms. The normalized spacial score (nSPS) is 10.1. The van der Waals surface area contributed by atoms with Crippen molar-refractivity contribution < 1.29 is 9.53 Å². The fraction of sp³-hybridized carbons (Fsp3) is 0.0833. The highest BCUT2D eigenvalue weighted by Gasteiger charge is 2.08. The van der Waals surface area contributed by atoms with E-state index in [1.54, 1.807) is 12.1 Å². The Balaban J connectivity index is 2.53. The second kappa shape index (κ2) is 5.01. The Morgan fingerprint density at radius 2 is 2.11 bits per heavy atom. The third kappa shape index (κ3) is 2.41. The molecular formula is C12H9ClN2O3. The lowest BCUT2D eigenvalue weighted by atomic mass is 10.2. The molecule has 0 N–H and O–H groups in total. The van der Waals surface area contributed by atoms with Crippen molar-refractivity contribution in [2.75, 3.05) is 7.11 Å². The second-order valence-electron chi connectivity index (χ2n) is 3.46. The van der Waals surface area contributed by atoms with Gasteiger partial charge in [-0.3, -0.25) is 9.36 Å². The van der Waals surface area contributed by atoms with E-state index < -0.39 is 5.97 Å². The third-order valence-corrected chi connectivity index (χ3v) is 2.55. The maximum atomic E-state index is 11.7. The number of pyridine rings is 2. The van der Waals surface area contributed by atoms with Crippen LogP contribution in [0.3, 0.4) is 0 Å². The van der Waals surface area contributed by atoms with Crippen molar-refractivity contribution in [3.63, 3.8) is 0 Å². The Morgan fingerprint density at radius 3 is 2.72 bits per heavy atom. The van der Waals surface area contributed by atoms with E-state index in [4.69, 9.17) is 11.6 Å². The highest BCUT2D eigenvalue weighted by atomic mass is 35.5. The van der Waals surface area contributed by atoms with Crippen molar-refractivity contribution >= 4 is 17.6 Å². The molecule has 0 atom stereocenters. The summed E-state index contributed by atoms with van der Waals surface area (Å²) in [5.41, 5.74) is 0.536. The number of hydrogen-bond acceptors (Lipinski definition) is 4. The second-order valence-corrected chi connectivity index (χ2v) is 3.84. The zero-order valence-corrected chi connectivity index (χ0v) is 10.2. The van der Waals surface area contributed by atoms with Gasteiger partial charge in [-0.1, -0.05) is 11.6 Å². The molecule has 0 radical (unpaired) electrons. The van der Waals surface area contributed by atoms with Crippen molar-refractivity contribution in [3.8, 4) is 5.69 Å². The Hall–Kier alpha value is -2.14. The molecule has 2 aromatic rings. The van der Waals surface area contributed by atoms with Crippen LogP contribution < -0.4 is 5.56 Å². The topological polar surface area (TPSA) is 61.2 Å². The van der Waals surface area contributed by atoms with Crippen LogP contribution in [0.4, 0.5) is 0 Å². The van der Waals surface area contributed by atoms with Crippen LogP contribution in [0.15, 0.2) is 41.5 Å².